The molecule has 13 heavy (non-hydrogen) atoms. The first-order valence-electron chi connectivity index (χ1n) is 4.45. The van der Waals surface area contributed by atoms with Crippen LogP contribution in [-0.4, -0.2) is 23.8 Å². The molecular formula is C8H13N3O2. The summed E-state index contributed by atoms with van der Waals surface area (Å²) >= 11 is 0. The SMILES string of the molecule is COCc1noc(C2CCCN2)n1. The maximum absolute atomic E-state index is 5.10. The van der Waals surface area contributed by atoms with Crippen molar-refractivity contribution in [3.05, 3.63) is 11.7 Å². The molecule has 0 aliphatic carbocycles. The predicted octanol–water partition coefficient (Wildman–Crippen LogP) is 0.641. The predicted molar refractivity (Wildman–Crippen MR) is 45.0 cm³/mol. The van der Waals surface area contributed by atoms with Gasteiger partial charge in [0.15, 0.2) is 5.82 Å². The van der Waals surface area contributed by atoms with Crippen molar-refractivity contribution >= 4 is 0 Å². The van der Waals surface area contributed by atoms with Crippen molar-refractivity contribution < 1.29 is 9.26 Å². The number of hydrogen-bond donors (Lipinski definition) is 1. The molecule has 0 spiro atoms. The summed E-state index contributed by atoms with van der Waals surface area (Å²) in [5, 5.41) is 7.09. The summed E-state index contributed by atoms with van der Waals surface area (Å²) < 4.78 is 10.00. The Kier molecular flexibility index (Phi) is 2.56. The van der Waals surface area contributed by atoms with Gasteiger partial charge in [-0.05, 0) is 19.4 Å². The van der Waals surface area contributed by atoms with Crippen LogP contribution in [0.3, 0.4) is 0 Å². The quantitative estimate of drug-likeness (QED) is 0.745. The fourth-order valence-electron chi connectivity index (χ4n) is 1.49. The van der Waals surface area contributed by atoms with E-state index in [1.165, 1.54) is 6.42 Å². The largest absolute Gasteiger partial charge is 0.377 e. The van der Waals surface area contributed by atoms with Crippen LogP contribution >= 0.6 is 0 Å². The molecule has 1 N–H and O–H groups in total. The van der Waals surface area contributed by atoms with Gasteiger partial charge in [0.2, 0.25) is 5.89 Å². The van der Waals surface area contributed by atoms with Gasteiger partial charge in [-0.25, -0.2) is 0 Å². The molecule has 0 amide bonds. The highest BCUT2D eigenvalue weighted by molar-refractivity contribution is 4.94. The Balaban J connectivity index is 2.03. The van der Waals surface area contributed by atoms with E-state index in [1.54, 1.807) is 7.11 Å². The Hall–Kier alpha value is -0.940. The first-order valence-corrected chi connectivity index (χ1v) is 4.45. The molecule has 1 atom stereocenters. The summed E-state index contributed by atoms with van der Waals surface area (Å²) in [6, 6.07) is 0.248. The molecule has 1 aliphatic heterocycles. The summed E-state index contributed by atoms with van der Waals surface area (Å²) in [5.41, 5.74) is 0. The van der Waals surface area contributed by atoms with Crippen molar-refractivity contribution in [3.8, 4) is 0 Å². The van der Waals surface area contributed by atoms with Crippen molar-refractivity contribution in [3.63, 3.8) is 0 Å². The van der Waals surface area contributed by atoms with Gasteiger partial charge in [0.1, 0.15) is 6.61 Å². The van der Waals surface area contributed by atoms with Crippen LogP contribution in [0.5, 0.6) is 0 Å². The summed E-state index contributed by atoms with van der Waals surface area (Å²) in [4.78, 5) is 4.22. The van der Waals surface area contributed by atoms with Crippen LogP contribution in [0.15, 0.2) is 4.52 Å². The molecule has 0 radical (unpaired) electrons. The van der Waals surface area contributed by atoms with E-state index in [0.29, 0.717) is 18.3 Å². The second kappa shape index (κ2) is 3.85. The lowest BCUT2D eigenvalue weighted by atomic mass is 10.2. The maximum Gasteiger partial charge on any atom is 0.243 e. The van der Waals surface area contributed by atoms with E-state index in [9.17, 15) is 0 Å². The van der Waals surface area contributed by atoms with Crippen LogP contribution in [0.25, 0.3) is 0 Å². The van der Waals surface area contributed by atoms with Gasteiger partial charge in [-0.1, -0.05) is 5.16 Å². The molecule has 1 saturated heterocycles. The summed E-state index contributed by atoms with van der Waals surface area (Å²) in [6.45, 7) is 1.45. The molecule has 0 bridgehead atoms. The van der Waals surface area contributed by atoms with Gasteiger partial charge < -0.3 is 14.6 Å². The highest BCUT2D eigenvalue weighted by Gasteiger charge is 2.21. The number of rotatable bonds is 3. The molecule has 5 nitrogen and oxygen atoms in total. The Morgan fingerprint density at radius 1 is 1.69 bits per heavy atom. The Morgan fingerprint density at radius 3 is 3.31 bits per heavy atom. The fraction of sp³-hybridized carbons (Fsp3) is 0.750. The van der Waals surface area contributed by atoms with Gasteiger partial charge >= 0.3 is 0 Å². The van der Waals surface area contributed by atoms with E-state index in [4.69, 9.17) is 9.26 Å². The van der Waals surface area contributed by atoms with Crippen LogP contribution in [0.4, 0.5) is 0 Å². The lowest BCUT2D eigenvalue weighted by Crippen LogP contribution is -2.13. The number of nitrogens with one attached hydrogen (secondary N) is 1. The van der Waals surface area contributed by atoms with Gasteiger partial charge in [0, 0.05) is 7.11 Å². The van der Waals surface area contributed by atoms with Crippen LogP contribution in [-0.2, 0) is 11.3 Å². The van der Waals surface area contributed by atoms with Crippen molar-refractivity contribution in [1.82, 2.24) is 15.5 Å². The molecule has 1 fully saturated rings. The zero-order valence-corrected chi connectivity index (χ0v) is 7.62. The standard InChI is InChI=1S/C8H13N3O2/c1-12-5-7-10-8(13-11-7)6-3-2-4-9-6/h6,9H,2-5H2,1H3. The zero-order valence-electron chi connectivity index (χ0n) is 7.62. The van der Waals surface area contributed by atoms with Crippen LogP contribution in [0, 0.1) is 0 Å². The van der Waals surface area contributed by atoms with Crippen LogP contribution < -0.4 is 5.32 Å². The minimum Gasteiger partial charge on any atom is -0.377 e. The third-order valence-corrected chi connectivity index (χ3v) is 2.12. The third-order valence-electron chi connectivity index (χ3n) is 2.12. The van der Waals surface area contributed by atoms with Crippen LogP contribution in [0.2, 0.25) is 0 Å². The summed E-state index contributed by atoms with van der Waals surface area (Å²) in [6.07, 6.45) is 2.25. The van der Waals surface area contributed by atoms with Gasteiger partial charge in [0.25, 0.3) is 0 Å². The van der Waals surface area contributed by atoms with Crippen molar-refractivity contribution in [1.29, 1.82) is 0 Å². The lowest BCUT2D eigenvalue weighted by molar-refractivity contribution is 0.174. The third kappa shape index (κ3) is 1.87. The van der Waals surface area contributed by atoms with Crippen molar-refractivity contribution in [2.45, 2.75) is 25.5 Å². The van der Waals surface area contributed by atoms with Gasteiger partial charge in [-0.3, -0.25) is 0 Å². The highest BCUT2D eigenvalue weighted by atomic mass is 16.5. The lowest BCUT2D eigenvalue weighted by Gasteiger charge is -2.01. The van der Waals surface area contributed by atoms with E-state index in [1.807, 2.05) is 0 Å². The maximum atomic E-state index is 5.10. The monoisotopic (exact) mass is 183 g/mol. The van der Waals surface area contributed by atoms with Gasteiger partial charge in [0.05, 0.1) is 6.04 Å². The highest BCUT2D eigenvalue weighted by Crippen LogP contribution is 2.20. The van der Waals surface area contributed by atoms with E-state index >= 15 is 0 Å². The molecule has 1 aliphatic rings. The number of ether oxygens (including phenoxy) is 1. The number of nitrogens with zero attached hydrogens (tertiary/aromatic N) is 2. The smallest absolute Gasteiger partial charge is 0.243 e. The molecule has 1 aromatic heterocycles. The Bertz CT molecular complexity index is 268. The molecule has 1 aromatic rings. The molecule has 5 heteroatoms. The van der Waals surface area contributed by atoms with E-state index in [2.05, 4.69) is 15.5 Å². The molecular weight excluding hydrogens is 170 g/mol. The number of aromatic nitrogens is 2. The normalized spacial score (nSPS) is 22.4. The molecule has 0 saturated carbocycles. The van der Waals surface area contributed by atoms with E-state index < -0.39 is 0 Å². The zero-order chi connectivity index (χ0) is 9.10. The molecule has 72 valence electrons. The molecule has 1 unspecified atom stereocenters. The van der Waals surface area contributed by atoms with Gasteiger partial charge in [-0.15, -0.1) is 0 Å². The van der Waals surface area contributed by atoms with E-state index in [-0.39, 0.29) is 6.04 Å². The topological polar surface area (TPSA) is 60.2 Å². The molecule has 2 rings (SSSR count). The van der Waals surface area contributed by atoms with Crippen LogP contribution in [0.1, 0.15) is 30.6 Å². The van der Waals surface area contributed by atoms with E-state index in [0.717, 1.165) is 13.0 Å². The average Bonchev–Trinajstić information content (AvgIpc) is 2.70. The Labute approximate surface area is 76.5 Å². The fourth-order valence-corrected chi connectivity index (χ4v) is 1.49. The average molecular weight is 183 g/mol. The minimum atomic E-state index is 0.248. The number of methoxy groups -OCH3 is 1. The minimum absolute atomic E-state index is 0.248. The van der Waals surface area contributed by atoms with Gasteiger partial charge in [-0.2, -0.15) is 4.98 Å². The summed E-state index contributed by atoms with van der Waals surface area (Å²) in [7, 11) is 1.61. The Morgan fingerprint density at radius 2 is 2.62 bits per heavy atom. The second-order valence-electron chi connectivity index (χ2n) is 3.13. The summed E-state index contributed by atoms with van der Waals surface area (Å²) in [5.74, 6) is 1.30. The number of hydrogen-bond acceptors (Lipinski definition) is 5. The molecule has 0 aromatic carbocycles. The second-order valence-corrected chi connectivity index (χ2v) is 3.13. The first kappa shape index (κ1) is 8.65. The first-order chi connectivity index (χ1) is 6.40. The van der Waals surface area contributed by atoms with Crippen molar-refractivity contribution in [2.24, 2.45) is 0 Å². The molecule has 2 heterocycles. The van der Waals surface area contributed by atoms with Crippen molar-refractivity contribution in [2.75, 3.05) is 13.7 Å².